The number of aryl methyl sites for hydroxylation is 2. The van der Waals surface area contributed by atoms with Crippen molar-refractivity contribution in [3.05, 3.63) is 41.7 Å². The number of aromatic nitrogens is 2. The van der Waals surface area contributed by atoms with Crippen LogP contribution in [0.15, 0.2) is 24.4 Å². The maximum absolute atomic E-state index is 13.2. The molecule has 0 unspecified atom stereocenters. The lowest BCUT2D eigenvalue weighted by atomic mass is 10.3. The van der Waals surface area contributed by atoms with Crippen LogP contribution in [0.25, 0.3) is 0 Å². The molecule has 1 N–H and O–H groups in total. The molecule has 0 bridgehead atoms. The third-order valence-corrected chi connectivity index (χ3v) is 2.82. The van der Waals surface area contributed by atoms with Crippen LogP contribution in [0.4, 0.5) is 20.4 Å². The molecule has 0 saturated heterocycles. The Labute approximate surface area is 116 Å². The molecule has 108 valence electrons. The van der Waals surface area contributed by atoms with Crippen molar-refractivity contribution in [1.29, 1.82) is 0 Å². The highest BCUT2D eigenvalue weighted by atomic mass is 19.2. The number of rotatable bonds is 6. The molecule has 1 aromatic carbocycles. The summed E-state index contributed by atoms with van der Waals surface area (Å²) in [6.07, 6.45) is 2.75. The van der Waals surface area contributed by atoms with Gasteiger partial charge in [0.25, 0.3) is 0 Å². The second-order valence-corrected chi connectivity index (χ2v) is 4.50. The number of nitrogens with one attached hydrogen (secondary N) is 1. The fourth-order valence-electron chi connectivity index (χ4n) is 1.90. The summed E-state index contributed by atoms with van der Waals surface area (Å²) < 4.78 is 33.0. The Balaban J connectivity index is 2.13. The first kappa shape index (κ1) is 14.5. The molecule has 6 heteroatoms. The fraction of sp³-hybridized carbons (Fsp3) is 0.357. The predicted molar refractivity (Wildman–Crippen MR) is 73.1 cm³/mol. The molecule has 2 rings (SSSR count). The zero-order valence-electron chi connectivity index (χ0n) is 11.5. The van der Waals surface area contributed by atoms with Crippen molar-refractivity contribution in [2.45, 2.75) is 19.9 Å². The number of halogens is 2. The highest BCUT2D eigenvalue weighted by molar-refractivity contribution is 5.53. The van der Waals surface area contributed by atoms with Crippen LogP contribution in [0.1, 0.15) is 12.1 Å². The number of hydrogen-bond acceptors (Lipinski definition) is 3. The van der Waals surface area contributed by atoms with Gasteiger partial charge in [0, 0.05) is 38.2 Å². The smallest absolute Gasteiger partial charge is 0.207 e. The second kappa shape index (κ2) is 6.47. The quantitative estimate of drug-likeness (QED) is 0.826. The van der Waals surface area contributed by atoms with Crippen molar-refractivity contribution < 1.29 is 13.5 Å². The van der Waals surface area contributed by atoms with Gasteiger partial charge in [0.15, 0.2) is 11.6 Å². The number of methoxy groups -OCH3 is 1. The molecule has 4 nitrogen and oxygen atoms in total. The standard InChI is InChI=1S/C14H17F2N3O/c1-10-9-19(6-3-7-20-2)14(17-10)18-11-4-5-12(15)13(16)8-11/h4-5,8-9H,3,6-7H2,1-2H3,(H,17,18). The molecule has 1 heterocycles. The molecule has 20 heavy (non-hydrogen) atoms. The topological polar surface area (TPSA) is 39.1 Å². The minimum Gasteiger partial charge on any atom is -0.385 e. The lowest BCUT2D eigenvalue weighted by Crippen LogP contribution is -2.05. The van der Waals surface area contributed by atoms with Crippen LogP contribution in [0, 0.1) is 18.6 Å². The van der Waals surface area contributed by atoms with Gasteiger partial charge >= 0.3 is 0 Å². The molecule has 0 amide bonds. The molecular formula is C14H17F2N3O. The first-order chi connectivity index (χ1) is 9.60. The minimum absolute atomic E-state index is 0.461. The highest BCUT2D eigenvalue weighted by Crippen LogP contribution is 2.19. The van der Waals surface area contributed by atoms with Crippen LogP contribution in [0.2, 0.25) is 0 Å². The van der Waals surface area contributed by atoms with E-state index in [0.717, 1.165) is 30.8 Å². The molecule has 0 radical (unpaired) electrons. The van der Waals surface area contributed by atoms with E-state index in [9.17, 15) is 8.78 Å². The van der Waals surface area contributed by atoms with E-state index in [4.69, 9.17) is 4.74 Å². The van der Waals surface area contributed by atoms with Gasteiger partial charge in [-0.3, -0.25) is 0 Å². The van der Waals surface area contributed by atoms with E-state index in [1.54, 1.807) is 7.11 Å². The number of benzene rings is 1. The van der Waals surface area contributed by atoms with E-state index in [0.29, 0.717) is 18.2 Å². The largest absolute Gasteiger partial charge is 0.385 e. The normalized spacial score (nSPS) is 10.8. The third kappa shape index (κ3) is 3.54. The van der Waals surface area contributed by atoms with Gasteiger partial charge in [-0.1, -0.05) is 0 Å². The highest BCUT2D eigenvalue weighted by Gasteiger charge is 2.08. The Bertz CT molecular complexity index is 584. The SMILES string of the molecule is COCCCn1cc(C)nc1Nc1ccc(F)c(F)c1. The summed E-state index contributed by atoms with van der Waals surface area (Å²) in [5.41, 5.74) is 1.31. The Hall–Kier alpha value is -1.95. The Kier molecular flexibility index (Phi) is 4.68. The second-order valence-electron chi connectivity index (χ2n) is 4.50. The summed E-state index contributed by atoms with van der Waals surface area (Å²) in [6.45, 7) is 3.27. The summed E-state index contributed by atoms with van der Waals surface area (Å²) in [7, 11) is 1.65. The van der Waals surface area contributed by atoms with E-state index in [-0.39, 0.29) is 0 Å². The Morgan fingerprint density at radius 1 is 1.30 bits per heavy atom. The lowest BCUT2D eigenvalue weighted by Gasteiger charge is -2.09. The van der Waals surface area contributed by atoms with Crippen LogP contribution in [0.3, 0.4) is 0 Å². The first-order valence-corrected chi connectivity index (χ1v) is 6.35. The van der Waals surface area contributed by atoms with Gasteiger partial charge in [-0.2, -0.15) is 0 Å². The summed E-state index contributed by atoms with van der Waals surface area (Å²) >= 11 is 0. The summed E-state index contributed by atoms with van der Waals surface area (Å²) in [5.74, 6) is -1.15. The van der Waals surface area contributed by atoms with Gasteiger partial charge in [-0.05, 0) is 25.5 Å². The van der Waals surface area contributed by atoms with Gasteiger partial charge < -0.3 is 14.6 Å². The molecule has 2 aromatic rings. The molecule has 0 spiro atoms. The molecule has 0 aliphatic rings. The molecule has 1 aromatic heterocycles. The van der Waals surface area contributed by atoms with Gasteiger partial charge in [-0.25, -0.2) is 13.8 Å². The van der Waals surface area contributed by atoms with E-state index in [1.165, 1.54) is 6.07 Å². The number of nitrogens with zero attached hydrogens (tertiary/aromatic N) is 2. The number of hydrogen-bond donors (Lipinski definition) is 1. The zero-order valence-corrected chi connectivity index (χ0v) is 11.5. The molecule has 0 aliphatic heterocycles. The van der Waals surface area contributed by atoms with Crippen LogP contribution in [0.5, 0.6) is 0 Å². The lowest BCUT2D eigenvalue weighted by molar-refractivity contribution is 0.190. The van der Waals surface area contributed by atoms with Crippen molar-refractivity contribution in [1.82, 2.24) is 9.55 Å². The molecular weight excluding hydrogens is 264 g/mol. The van der Waals surface area contributed by atoms with Gasteiger partial charge in [0.1, 0.15) is 0 Å². The summed E-state index contributed by atoms with van der Waals surface area (Å²) in [5, 5.41) is 2.99. The maximum atomic E-state index is 13.2. The van der Waals surface area contributed by atoms with Gasteiger partial charge in [-0.15, -0.1) is 0 Å². The van der Waals surface area contributed by atoms with E-state index >= 15 is 0 Å². The Morgan fingerprint density at radius 2 is 2.10 bits per heavy atom. The molecule has 0 fully saturated rings. The summed E-state index contributed by atoms with van der Waals surface area (Å²) in [6, 6.07) is 3.67. The van der Waals surface area contributed by atoms with Crippen LogP contribution in [-0.4, -0.2) is 23.3 Å². The predicted octanol–water partition coefficient (Wildman–Crippen LogP) is 3.25. The van der Waals surface area contributed by atoms with Crippen LogP contribution < -0.4 is 5.32 Å². The van der Waals surface area contributed by atoms with Gasteiger partial charge in [0.05, 0.1) is 5.69 Å². The first-order valence-electron chi connectivity index (χ1n) is 6.35. The van der Waals surface area contributed by atoms with Crippen molar-refractivity contribution in [3.63, 3.8) is 0 Å². The fourth-order valence-corrected chi connectivity index (χ4v) is 1.90. The van der Waals surface area contributed by atoms with E-state index < -0.39 is 11.6 Å². The molecule has 0 aliphatic carbocycles. The molecule has 0 atom stereocenters. The third-order valence-electron chi connectivity index (χ3n) is 2.82. The average Bonchev–Trinajstić information content (AvgIpc) is 2.74. The van der Waals surface area contributed by atoms with Gasteiger partial charge in [0.2, 0.25) is 5.95 Å². The van der Waals surface area contributed by atoms with Crippen LogP contribution in [-0.2, 0) is 11.3 Å². The van der Waals surface area contributed by atoms with Crippen molar-refractivity contribution in [3.8, 4) is 0 Å². The number of anilines is 2. The minimum atomic E-state index is -0.885. The van der Waals surface area contributed by atoms with Crippen molar-refractivity contribution in [2.75, 3.05) is 19.0 Å². The number of ether oxygens (including phenoxy) is 1. The van der Waals surface area contributed by atoms with Crippen molar-refractivity contribution in [2.24, 2.45) is 0 Å². The van der Waals surface area contributed by atoms with Crippen molar-refractivity contribution >= 4 is 11.6 Å². The number of imidazole rings is 1. The molecule has 0 saturated carbocycles. The Morgan fingerprint density at radius 3 is 2.80 bits per heavy atom. The van der Waals surface area contributed by atoms with E-state index in [2.05, 4.69) is 10.3 Å². The zero-order chi connectivity index (χ0) is 14.5. The average molecular weight is 281 g/mol. The summed E-state index contributed by atoms with van der Waals surface area (Å²) in [4.78, 5) is 4.33. The monoisotopic (exact) mass is 281 g/mol. The maximum Gasteiger partial charge on any atom is 0.207 e. The van der Waals surface area contributed by atoms with Crippen LogP contribution >= 0.6 is 0 Å². The van der Waals surface area contributed by atoms with E-state index in [1.807, 2.05) is 17.7 Å².